The molecule has 0 bridgehead atoms. The molecule has 0 aromatic heterocycles. The van der Waals surface area contributed by atoms with Crippen molar-refractivity contribution < 1.29 is 0 Å². The quantitative estimate of drug-likeness (QED) is 0.767. The molecule has 0 aliphatic rings. The van der Waals surface area contributed by atoms with Crippen LogP contribution in [0.2, 0.25) is 0 Å². The van der Waals surface area contributed by atoms with Crippen LogP contribution in [-0.4, -0.2) is 0 Å². The summed E-state index contributed by atoms with van der Waals surface area (Å²) in [6, 6.07) is 9.67. The van der Waals surface area contributed by atoms with E-state index in [0.29, 0.717) is 5.56 Å². The first-order chi connectivity index (χ1) is 6.51. The van der Waals surface area contributed by atoms with Gasteiger partial charge in [-0.05, 0) is 31.5 Å². The number of benzene rings is 1. The van der Waals surface area contributed by atoms with Gasteiger partial charge in [0.25, 0.3) is 0 Å². The van der Waals surface area contributed by atoms with E-state index in [1.807, 2.05) is 12.1 Å². The van der Waals surface area contributed by atoms with Crippen LogP contribution in [0, 0.1) is 22.7 Å². The molecule has 0 saturated heterocycles. The van der Waals surface area contributed by atoms with Crippen molar-refractivity contribution >= 4 is 15.9 Å². The largest absolute Gasteiger partial charge is 0.197 e. The van der Waals surface area contributed by atoms with Gasteiger partial charge in [-0.1, -0.05) is 22.0 Å². The molecule has 0 unspecified atom stereocenters. The molecule has 0 aliphatic carbocycles. The SMILES string of the molecule is CC(C)(C#N)c1ccc(Br)cc1C#N. The monoisotopic (exact) mass is 248 g/mol. The van der Waals surface area contributed by atoms with Gasteiger partial charge in [0, 0.05) is 4.47 Å². The number of halogens is 1. The van der Waals surface area contributed by atoms with Crippen LogP contribution < -0.4 is 0 Å². The van der Waals surface area contributed by atoms with Crippen molar-refractivity contribution in [2.75, 3.05) is 0 Å². The summed E-state index contributed by atoms with van der Waals surface area (Å²) in [7, 11) is 0. The lowest BCUT2D eigenvalue weighted by Gasteiger charge is -2.17. The van der Waals surface area contributed by atoms with Gasteiger partial charge in [0.2, 0.25) is 0 Å². The lowest BCUT2D eigenvalue weighted by molar-refractivity contribution is 0.684. The molecule has 1 aromatic carbocycles. The van der Waals surface area contributed by atoms with Gasteiger partial charge in [0.05, 0.1) is 23.1 Å². The van der Waals surface area contributed by atoms with E-state index in [9.17, 15) is 0 Å². The van der Waals surface area contributed by atoms with E-state index in [-0.39, 0.29) is 0 Å². The fraction of sp³-hybridized carbons (Fsp3) is 0.273. The van der Waals surface area contributed by atoms with E-state index < -0.39 is 5.41 Å². The van der Waals surface area contributed by atoms with Crippen LogP contribution in [-0.2, 0) is 5.41 Å². The van der Waals surface area contributed by atoms with Crippen molar-refractivity contribution in [1.29, 1.82) is 10.5 Å². The molecule has 0 aliphatic heterocycles. The summed E-state index contributed by atoms with van der Waals surface area (Å²) in [6.07, 6.45) is 0. The number of rotatable bonds is 1. The third-order valence-corrected chi connectivity index (χ3v) is 2.55. The molecular weight excluding hydrogens is 240 g/mol. The minimum atomic E-state index is -0.619. The zero-order valence-corrected chi connectivity index (χ0v) is 9.59. The third kappa shape index (κ3) is 1.95. The summed E-state index contributed by atoms with van der Waals surface area (Å²) in [4.78, 5) is 0. The average molecular weight is 249 g/mol. The van der Waals surface area contributed by atoms with Gasteiger partial charge in [0.1, 0.15) is 0 Å². The molecule has 2 nitrogen and oxygen atoms in total. The zero-order chi connectivity index (χ0) is 10.8. The highest BCUT2D eigenvalue weighted by atomic mass is 79.9. The molecule has 0 atom stereocenters. The molecule has 0 spiro atoms. The van der Waals surface area contributed by atoms with Crippen LogP contribution in [0.15, 0.2) is 22.7 Å². The van der Waals surface area contributed by atoms with Crippen molar-refractivity contribution in [3.63, 3.8) is 0 Å². The summed E-state index contributed by atoms with van der Waals surface area (Å²) in [6.45, 7) is 3.61. The normalized spacial score (nSPS) is 10.4. The number of hydrogen-bond acceptors (Lipinski definition) is 2. The maximum atomic E-state index is 8.97. The highest BCUT2D eigenvalue weighted by molar-refractivity contribution is 9.10. The van der Waals surface area contributed by atoms with Gasteiger partial charge in [-0.25, -0.2) is 0 Å². The first-order valence-electron chi connectivity index (χ1n) is 4.12. The van der Waals surface area contributed by atoms with Crippen molar-refractivity contribution in [1.82, 2.24) is 0 Å². The van der Waals surface area contributed by atoms with E-state index in [2.05, 4.69) is 28.1 Å². The molecule has 14 heavy (non-hydrogen) atoms. The maximum Gasteiger partial charge on any atom is 0.0995 e. The highest BCUT2D eigenvalue weighted by Gasteiger charge is 2.23. The predicted molar refractivity (Wildman–Crippen MR) is 57.5 cm³/mol. The Kier molecular flexibility index (Phi) is 2.93. The second-order valence-corrected chi connectivity index (χ2v) is 4.45. The Morgan fingerprint density at radius 1 is 1.29 bits per heavy atom. The second-order valence-electron chi connectivity index (χ2n) is 3.54. The van der Waals surface area contributed by atoms with Gasteiger partial charge in [-0.15, -0.1) is 0 Å². The highest BCUT2D eigenvalue weighted by Crippen LogP contribution is 2.27. The molecular formula is C11H9BrN2. The third-order valence-electron chi connectivity index (χ3n) is 2.05. The topological polar surface area (TPSA) is 47.6 Å². The summed E-state index contributed by atoms with van der Waals surface area (Å²) in [5, 5.41) is 17.9. The van der Waals surface area contributed by atoms with E-state index in [1.165, 1.54) is 0 Å². The minimum Gasteiger partial charge on any atom is -0.197 e. The summed E-state index contributed by atoms with van der Waals surface area (Å²) in [5.41, 5.74) is 0.697. The van der Waals surface area contributed by atoms with Gasteiger partial charge < -0.3 is 0 Å². The van der Waals surface area contributed by atoms with Crippen LogP contribution in [0.1, 0.15) is 25.0 Å². The molecule has 0 saturated carbocycles. The van der Waals surface area contributed by atoms with Crippen molar-refractivity contribution in [3.05, 3.63) is 33.8 Å². The molecule has 1 rings (SSSR count). The Balaban J connectivity index is 3.39. The second kappa shape index (κ2) is 3.82. The van der Waals surface area contributed by atoms with E-state index >= 15 is 0 Å². The smallest absolute Gasteiger partial charge is 0.0995 e. The van der Waals surface area contributed by atoms with Crippen LogP contribution in [0.25, 0.3) is 0 Å². The lowest BCUT2D eigenvalue weighted by Crippen LogP contribution is -2.15. The lowest BCUT2D eigenvalue weighted by atomic mass is 9.83. The van der Waals surface area contributed by atoms with Crippen molar-refractivity contribution in [2.24, 2.45) is 0 Å². The Morgan fingerprint density at radius 3 is 2.43 bits per heavy atom. The summed E-state index contributed by atoms with van der Waals surface area (Å²) in [5.74, 6) is 0. The summed E-state index contributed by atoms with van der Waals surface area (Å²) >= 11 is 3.29. The first-order valence-corrected chi connectivity index (χ1v) is 4.92. The predicted octanol–water partition coefficient (Wildman–Crippen LogP) is 3.12. The van der Waals surface area contributed by atoms with Crippen LogP contribution in [0.4, 0.5) is 0 Å². The van der Waals surface area contributed by atoms with Gasteiger partial charge >= 0.3 is 0 Å². The van der Waals surface area contributed by atoms with Crippen molar-refractivity contribution in [3.8, 4) is 12.1 Å². The molecule has 0 N–H and O–H groups in total. The zero-order valence-electron chi connectivity index (χ0n) is 8.00. The molecule has 0 radical (unpaired) electrons. The Morgan fingerprint density at radius 2 is 1.93 bits per heavy atom. The maximum absolute atomic E-state index is 8.97. The van der Waals surface area contributed by atoms with Gasteiger partial charge in [0.15, 0.2) is 0 Å². The van der Waals surface area contributed by atoms with Crippen LogP contribution in [0.3, 0.4) is 0 Å². The van der Waals surface area contributed by atoms with Crippen molar-refractivity contribution in [2.45, 2.75) is 19.3 Å². The first kappa shape index (κ1) is 10.8. The molecule has 3 heteroatoms. The Labute approximate surface area is 91.9 Å². The number of hydrogen-bond donors (Lipinski definition) is 0. The minimum absolute atomic E-state index is 0.547. The molecule has 70 valence electrons. The van der Waals surface area contributed by atoms with Crippen LogP contribution >= 0.6 is 15.9 Å². The Hall–Kier alpha value is -1.32. The van der Waals surface area contributed by atoms with E-state index in [0.717, 1.165) is 10.0 Å². The van der Waals surface area contributed by atoms with E-state index in [1.54, 1.807) is 19.9 Å². The fourth-order valence-electron chi connectivity index (χ4n) is 1.21. The summed E-state index contributed by atoms with van der Waals surface area (Å²) < 4.78 is 0.853. The number of nitrogens with zero attached hydrogens (tertiary/aromatic N) is 2. The van der Waals surface area contributed by atoms with Crippen LogP contribution in [0.5, 0.6) is 0 Å². The van der Waals surface area contributed by atoms with Gasteiger partial charge in [-0.3, -0.25) is 0 Å². The fourth-order valence-corrected chi connectivity index (χ4v) is 1.58. The molecule has 1 aromatic rings. The Bertz CT molecular complexity index is 436. The molecule has 0 amide bonds. The number of nitriles is 2. The molecule has 0 heterocycles. The average Bonchev–Trinajstić information content (AvgIpc) is 2.17. The standard InChI is InChI=1S/C11H9BrN2/c1-11(2,7-14)10-4-3-9(12)5-8(10)6-13/h3-5H,1-2H3. The van der Waals surface area contributed by atoms with E-state index in [4.69, 9.17) is 10.5 Å². The van der Waals surface area contributed by atoms with Gasteiger partial charge in [-0.2, -0.15) is 10.5 Å². The molecule has 0 fully saturated rings.